The van der Waals surface area contributed by atoms with Crippen molar-refractivity contribution in [3.8, 4) is 0 Å². The molecule has 0 spiro atoms. The normalized spacial score (nSPS) is 16.6. The average molecular weight is 466 g/mol. The van der Waals surface area contributed by atoms with Gasteiger partial charge in [0.15, 0.2) is 0 Å². The summed E-state index contributed by atoms with van der Waals surface area (Å²) in [7, 11) is 0. The molecule has 9 heteroatoms. The summed E-state index contributed by atoms with van der Waals surface area (Å²) in [4.78, 5) is 35.7. The minimum atomic E-state index is -0.737. The molecule has 0 saturated heterocycles. The van der Waals surface area contributed by atoms with Gasteiger partial charge in [0.2, 0.25) is 5.91 Å². The number of alkyl carbamates (subject to hydrolysis) is 1. The summed E-state index contributed by atoms with van der Waals surface area (Å²) in [5, 5.41) is 16.5. The number of carbonyl (C=O) groups is 2. The fourth-order valence-corrected chi connectivity index (χ4v) is 4.89. The number of ether oxygens (including phenoxy) is 1. The highest BCUT2D eigenvalue weighted by Gasteiger charge is 2.26. The molecule has 0 bridgehead atoms. The summed E-state index contributed by atoms with van der Waals surface area (Å²) in [6.45, 7) is 7.13. The molecule has 2 atom stereocenters. The Labute approximate surface area is 194 Å². The number of benzene rings is 1. The molecule has 0 unspecified atom stereocenters. The largest absolute Gasteiger partial charge is 0.444 e. The van der Waals surface area contributed by atoms with Crippen molar-refractivity contribution >= 4 is 29.4 Å². The number of hydrogen-bond donors (Lipinski definition) is 2. The molecule has 1 aromatic carbocycles. The molecule has 0 radical (unpaired) electrons. The third-order valence-electron chi connectivity index (χ3n) is 5.33. The van der Waals surface area contributed by atoms with Crippen LogP contribution in [0.1, 0.15) is 71.4 Å². The molecule has 1 aliphatic rings. The van der Waals surface area contributed by atoms with Gasteiger partial charge < -0.3 is 15.4 Å². The van der Waals surface area contributed by atoms with Crippen molar-refractivity contribution in [1.82, 2.24) is 10.6 Å². The summed E-state index contributed by atoms with van der Waals surface area (Å²) in [6, 6.07) is 4.96. The van der Waals surface area contributed by atoms with Crippen LogP contribution < -0.4 is 10.6 Å². The van der Waals surface area contributed by atoms with Gasteiger partial charge in [-0.2, -0.15) is 11.8 Å². The minimum absolute atomic E-state index is 0.00384. The maximum atomic E-state index is 13.0. The van der Waals surface area contributed by atoms with E-state index in [1.807, 2.05) is 0 Å². The molecule has 32 heavy (non-hydrogen) atoms. The molecule has 0 heterocycles. The number of hydrogen-bond acceptors (Lipinski definition) is 6. The zero-order valence-electron chi connectivity index (χ0n) is 19.4. The predicted octanol–water partition coefficient (Wildman–Crippen LogP) is 4.98. The van der Waals surface area contributed by atoms with Crippen LogP contribution in [0.5, 0.6) is 0 Å². The third-order valence-corrected chi connectivity index (χ3v) is 6.61. The van der Waals surface area contributed by atoms with E-state index in [0.717, 1.165) is 11.3 Å². The van der Waals surface area contributed by atoms with Crippen molar-refractivity contribution in [3.63, 3.8) is 0 Å². The minimum Gasteiger partial charge on any atom is -0.444 e. The van der Waals surface area contributed by atoms with Gasteiger partial charge in [0.25, 0.3) is 5.69 Å². The molecule has 178 valence electrons. The molecule has 1 saturated carbocycles. The van der Waals surface area contributed by atoms with Crippen molar-refractivity contribution in [2.24, 2.45) is 5.92 Å². The van der Waals surface area contributed by atoms with Crippen LogP contribution in [0.25, 0.3) is 0 Å². The first kappa shape index (κ1) is 26.0. The van der Waals surface area contributed by atoms with Crippen molar-refractivity contribution in [3.05, 3.63) is 39.9 Å². The van der Waals surface area contributed by atoms with E-state index >= 15 is 0 Å². The average Bonchev–Trinajstić information content (AvgIpc) is 2.72. The summed E-state index contributed by atoms with van der Waals surface area (Å²) >= 11 is 1.68. The first-order valence-electron chi connectivity index (χ1n) is 11.2. The molecule has 2 N–H and O–H groups in total. The van der Waals surface area contributed by atoms with E-state index in [9.17, 15) is 19.7 Å². The Morgan fingerprint density at radius 3 is 2.34 bits per heavy atom. The Kier molecular flexibility index (Phi) is 9.81. The lowest BCUT2D eigenvalue weighted by Gasteiger charge is -2.25. The molecular weight excluding hydrogens is 430 g/mol. The molecule has 8 nitrogen and oxygen atoms in total. The van der Waals surface area contributed by atoms with Gasteiger partial charge in [0.05, 0.1) is 11.0 Å². The number of rotatable bonds is 9. The highest BCUT2D eigenvalue weighted by molar-refractivity contribution is 7.99. The number of nitrogens with one attached hydrogen (secondary N) is 2. The van der Waals surface area contributed by atoms with E-state index in [0.29, 0.717) is 11.7 Å². The van der Waals surface area contributed by atoms with Crippen LogP contribution in [0.3, 0.4) is 0 Å². The lowest BCUT2D eigenvalue weighted by molar-refractivity contribution is -0.384. The zero-order chi connectivity index (χ0) is 23.7. The van der Waals surface area contributed by atoms with E-state index in [4.69, 9.17) is 4.74 Å². The second-order valence-electron chi connectivity index (χ2n) is 9.32. The Balaban J connectivity index is 1.98. The lowest BCUT2D eigenvalue weighted by atomic mass is 9.91. The quantitative estimate of drug-likeness (QED) is 0.393. The number of non-ortho nitro benzene ring substituents is 1. The van der Waals surface area contributed by atoms with E-state index in [2.05, 4.69) is 10.6 Å². The Bertz CT molecular complexity index is 773. The van der Waals surface area contributed by atoms with Gasteiger partial charge in [0, 0.05) is 17.9 Å². The van der Waals surface area contributed by atoms with Crippen LogP contribution in [0.15, 0.2) is 24.3 Å². The first-order chi connectivity index (χ1) is 15.0. The van der Waals surface area contributed by atoms with E-state index < -0.39 is 22.7 Å². The van der Waals surface area contributed by atoms with Gasteiger partial charge in [-0.05, 0) is 57.8 Å². The van der Waals surface area contributed by atoms with Gasteiger partial charge >= 0.3 is 6.09 Å². The van der Waals surface area contributed by atoms with Crippen LogP contribution >= 0.6 is 11.8 Å². The molecule has 1 fully saturated rings. The van der Waals surface area contributed by atoms with Gasteiger partial charge in [0.1, 0.15) is 11.6 Å². The van der Waals surface area contributed by atoms with E-state index in [1.165, 1.54) is 44.2 Å². The monoisotopic (exact) mass is 465 g/mol. The van der Waals surface area contributed by atoms with Crippen LogP contribution in [0.4, 0.5) is 10.5 Å². The number of carbonyl (C=O) groups excluding carboxylic acids is 2. The van der Waals surface area contributed by atoms with Crippen LogP contribution in [-0.4, -0.2) is 40.1 Å². The molecule has 2 rings (SSSR count). The molecular formula is C23H35N3O5S. The van der Waals surface area contributed by atoms with Gasteiger partial charge in [-0.3, -0.25) is 14.9 Å². The highest BCUT2D eigenvalue weighted by atomic mass is 32.2. The standard InChI is InChI=1S/C23H35N3O5S/c1-16(18-10-12-19(13-11-18)26(29)30)24-21(27)20(25-22(28)31-23(2,3)4)15-32-14-17-8-6-5-7-9-17/h10-13,16-17,20H,5-9,14-15H2,1-4H3,(H,24,27)(H,25,28)/t16-,20-/m1/s1. The maximum absolute atomic E-state index is 13.0. The SMILES string of the molecule is C[C@@H](NC(=O)[C@@H](CSCC1CCCCC1)NC(=O)OC(C)(C)C)c1ccc([N+](=O)[O-])cc1. The number of nitrogens with zero attached hydrogens (tertiary/aromatic N) is 1. The predicted molar refractivity (Wildman–Crippen MR) is 127 cm³/mol. The summed E-state index contributed by atoms with van der Waals surface area (Å²) in [5.41, 5.74) is 0.0811. The van der Waals surface area contributed by atoms with Crippen molar-refractivity contribution in [2.45, 2.75) is 77.5 Å². The molecule has 0 aromatic heterocycles. The van der Waals surface area contributed by atoms with Crippen LogP contribution in [0.2, 0.25) is 0 Å². The topological polar surface area (TPSA) is 111 Å². The smallest absolute Gasteiger partial charge is 0.408 e. The molecule has 2 amide bonds. The Morgan fingerprint density at radius 2 is 1.78 bits per heavy atom. The number of amides is 2. The van der Waals surface area contributed by atoms with Crippen LogP contribution in [0, 0.1) is 16.0 Å². The third kappa shape index (κ3) is 9.06. The second kappa shape index (κ2) is 12.1. The van der Waals surface area contributed by atoms with E-state index in [-0.39, 0.29) is 17.6 Å². The second-order valence-corrected chi connectivity index (χ2v) is 10.4. The molecule has 0 aliphatic heterocycles. The van der Waals surface area contributed by atoms with E-state index in [1.54, 1.807) is 51.6 Å². The van der Waals surface area contributed by atoms with Gasteiger partial charge in [-0.1, -0.05) is 31.4 Å². The number of nitro benzene ring substituents is 1. The Hall–Kier alpha value is -2.29. The first-order valence-corrected chi connectivity index (χ1v) is 12.3. The fourth-order valence-electron chi connectivity index (χ4n) is 3.62. The summed E-state index contributed by atoms with van der Waals surface area (Å²) in [6.07, 6.45) is 5.64. The van der Waals surface area contributed by atoms with Crippen molar-refractivity contribution in [1.29, 1.82) is 0 Å². The summed E-state index contributed by atoms with van der Waals surface area (Å²) in [5.74, 6) is 1.78. The zero-order valence-corrected chi connectivity index (χ0v) is 20.2. The van der Waals surface area contributed by atoms with Crippen molar-refractivity contribution in [2.75, 3.05) is 11.5 Å². The van der Waals surface area contributed by atoms with Gasteiger partial charge in [-0.15, -0.1) is 0 Å². The Morgan fingerprint density at radius 1 is 1.16 bits per heavy atom. The fraction of sp³-hybridized carbons (Fsp3) is 0.652. The maximum Gasteiger partial charge on any atom is 0.408 e. The molecule has 1 aliphatic carbocycles. The number of thioether (sulfide) groups is 1. The molecule has 1 aromatic rings. The van der Waals surface area contributed by atoms with Crippen LogP contribution in [-0.2, 0) is 9.53 Å². The lowest BCUT2D eigenvalue weighted by Crippen LogP contribution is -2.50. The number of nitro groups is 1. The highest BCUT2D eigenvalue weighted by Crippen LogP contribution is 2.27. The van der Waals surface area contributed by atoms with Crippen molar-refractivity contribution < 1.29 is 19.2 Å². The summed E-state index contributed by atoms with van der Waals surface area (Å²) < 4.78 is 5.34. The van der Waals surface area contributed by atoms with Gasteiger partial charge in [-0.25, -0.2) is 4.79 Å².